The van der Waals surface area contributed by atoms with E-state index < -0.39 is 5.97 Å². The zero-order chi connectivity index (χ0) is 12.4. The minimum absolute atomic E-state index is 0.138. The fourth-order valence-corrected chi connectivity index (χ4v) is 2.16. The fourth-order valence-electron chi connectivity index (χ4n) is 2.16. The van der Waals surface area contributed by atoms with Gasteiger partial charge in [-0.05, 0) is 12.5 Å². The summed E-state index contributed by atoms with van der Waals surface area (Å²) in [6, 6.07) is 9.25. The first-order valence-electron chi connectivity index (χ1n) is 5.38. The predicted octanol–water partition coefficient (Wildman–Crippen LogP) is 1.65. The zero-order valence-corrected chi connectivity index (χ0v) is 9.43. The third-order valence-electron chi connectivity index (χ3n) is 2.90. The number of rotatable bonds is 2. The maximum atomic E-state index is 11.5. The van der Waals surface area contributed by atoms with Crippen molar-refractivity contribution >= 4 is 11.9 Å². The Balaban J connectivity index is 2.47. The van der Waals surface area contributed by atoms with E-state index in [-0.39, 0.29) is 23.8 Å². The molecule has 0 spiro atoms. The van der Waals surface area contributed by atoms with Gasteiger partial charge in [0.2, 0.25) is 5.91 Å². The number of carboxylic acid groups (broad SMARTS) is 1. The largest absolute Gasteiger partial charge is 0.478 e. The number of aliphatic carboxylic acids is 1. The van der Waals surface area contributed by atoms with Gasteiger partial charge in [0.05, 0.1) is 5.57 Å². The molecule has 1 aromatic carbocycles. The summed E-state index contributed by atoms with van der Waals surface area (Å²) in [7, 11) is 0. The second-order valence-corrected chi connectivity index (χ2v) is 4.06. The number of amides is 1. The highest BCUT2D eigenvalue weighted by molar-refractivity contribution is 5.94. The van der Waals surface area contributed by atoms with Crippen LogP contribution in [0.15, 0.2) is 41.6 Å². The van der Waals surface area contributed by atoms with Crippen LogP contribution in [0.1, 0.15) is 24.8 Å². The topological polar surface area (TPSA) is 66.4 Å². The van der Waals surface area contributed by atoms with Crippen LogP contribution in [0.2, 0.25) is 0 Å². The molecule has 0 aliphatic carbocycles. The maximum absolute atomic E-state index is 11.5. The Morgan fingerprint density at radius 3 is 2.59 bits per heavy atom. The van der Waals surface area contributed by atoms with Gasteiger partial charge in [-0.1, -0.05) is 30.3 Å². The standard InChI is InChI=1S/C13H13NO3/c1-8-12(13(16)17)10(7-11(15)14-8)9-5-3-2-4-6-9/h2-6,10H,7H2,1H3,(H,14,15)(H,16,17)/t10-/m0/s1. The summed E-state index contributed by atoms with van der Waals surface area (Å²) >= 11 is 0. The quantitative estimate of drug-likeness (QED) is 0.813. The van der Waals surface area contributed by atoms with Crippen LogP contribution in [0.3, 0.4) is 0 Å². The Morgan fingerprint density at radius 1 is 1.35 bits per heavy atom. The third-order valence-corrected chi connectivity index (χ3v) is 2.90. The minimum atomic E-state index is -0.976. The number of hydrogen-bond donors (Lipinski definition) is 2. The molecular weight excluding hydrogens is 218 g/mol. The molecule has 1 heterocycles. The second kappa shape index (κ2) is 4.41. The van der Waals surface area contributed by atoms with E-state index in [1.807, 2.05) is 30.3 Å². The maximum Gasteiger partial charge on any atom is 0.333 e. The summed E-state index contributed by atoms with van der Waals surface area (Å²) in [5.74, 6) is -1.47. The molecule has 2 rings (SSSR count). The van der Waals surface area contributed by atoms with Gasteiger partial charge < -0.3 is 10.4 Å². The first-order valence-corrected chi connectivity index (χ1v) is 5.38. The van der Waals surface area contributed by atoms with Crippen LogP contribution in [0.25, 0.3) is 0 Å². The van der Waals surface area contributed by atoms with Crippen molar-refractivity contribution in [1.82, 2.24) is 5.32 Å². The molecule has 0 saturated carbocycles. The number of nitrogens with one attached hydrogen (secondary N) is 1. The highest BCUT2D eigenvalue weighted by Gasteiger charge is 2.31. The molecule has 0 fully saturated rings. The molecule has 1 aliphatic heterocycles. The van der Waals surface area contributed by atoms with E-state index in [1.165, 1.54) is 0 Å². The van der Waals surface area contributed by atoms with Crippen molar-refractivity contribution in [2.45, 2.75) is 19.3 Å². The van der Waals surface area contributed by atoms with Crippen LogP contribution in [0.4, 0.5) is 0 Å². The highest BCUT2D eigenvalue weighted by Crippen LogP contribution is 2.32. The van der Waals surface area contributed by atoms with E-state index >= 15 is 0 Å². The number of hydrogen-bond acceptors (Lipinski definition) is 2. The first kappa shape index (κ1) is 11.4. The van der Waals surface area contributed by atoms with Crippen LogP contribution >= 0.6 is 0 Å². The highest BCUT2D eigenvalue weighted by atomic mass is 16.4. The number of allylic oxidation sites excluding steroid dienone is 1. The van der Waals surface area contributed by atoms with Crippen LogP contribution < -0.4 is 5.32 Å². The van der Waals surface area contributed by atoms with Crippen LogP contribution in [0, 0.1) is 0 Å². The summed E-state index contributed by atoms with van der Waals surface area (Å²) in [4.78, 5) is 22.7. The molecule has 4 nitrogen and oxygen atoms in total. The zero-order valence-electron chi connectivity index (χ0n) is 9.43. The molecule has 0 bridgehead atoms. The average molecular weight is 231 g/mol. The predicted molar refractivity (Wildman–Crippen MR) is 62.3 cm³/mol. The molecule has 0 saturated heterocycles. The molecule has 17 heavy (non-hydrogen) atoms. The van der Waals surface area contributed by atoms with Gasteiger partial charge in [-0.2, -0.15) is 0 Å². The van der Waals surface area contributed by atoms with Crippen molar-refractivity contribution in [1.29, 1.82) is 0 Å². The van der Waals surface area contributed by atoms with Crippen molar-refractivity contribution in [3.8, 4) is 0 Å². The number of carbonyl (C=O) groups is 2. The number of carboxylic acids is 1. The van der Waals surface area contributed by atoms with E-state index in [0.717, 1.165) is 5.56 Å². The third kappa shape index (κ3) is 2.20. The smallest absolute Gasteiger partial charge is 0.333 e. The lowest BCUT2D eigenvalue weighted by atomic mass is 9.84. The molecule has 2 N–H and O–H groups in total. The van der Waals surface area contributed by atoms with Crippen molar-refractivity contribution in [3.63, 3.8) is 0 Å². The van der Waals surface area contributed by atoms with Gasteiger partial charge in [-0.25, -0.2) is 4.79 Å². The first-order chi connectivity index (χ1) is 8.09. The average Bonchev–Trinajstić information content (AvgIpc) is 2.28. The van der Waals surface area contributed by atoms with Crippen LogP contribution in [0.5, 0.6) is 0 Å². The van der Waals surface area contributed by atoms with E-state index in [0.29, 0.717) is 5.70 Å². The lowest BCUT2D eigenvalue weighted by molar-refractivity contribution is -0.133. The number of benzene rings is 1. The van der Waals surface area contributed by atoms with Gasteiger partial charge in [0.25, 0.3) is 0 Å². The van der Waals surface area contributed by atoms with Gasteiger partial charge in [0.1, 0.15) is 0 Å². The van der Waals surface area contributed by atoms with Crippen molar-refractivity contribution in [2.24, 2.45) is 0 Å². The molecule has 4 heteroatoms. The van der Waals surface area contributed by atoms with Gasteiger partial charge in [0.15, 0.2) is 0 Å². The van der Waals surface area contributed by atoms with E-state index in [1.54, 1.807) is 6.92 Å². The summed E-state index contributed by atoms with van der Waals surface area (Å²) in [6.45, 7) is 1.62. The monoisotopic (exact) mass is 231 g/mol. The minimum Gasteiger partial charge on any atom is -0.478 e. The Bertz CT molecular complexity index is 491. The summed E-state index contributed by atoms with van der Waals surface area (Å²) in [5.41, 5.74) is 1.57. The Morgan fingerprint density at radius 2 is 2.00 bits per heavy atom. The number of carbonyl (C=O) groups excluding carboxylic acids is 1. The van der Waals surface area contributed by atoms with Gasteiger partial charge in [-0.3, -0.25) is 4.79 Å². The summed E-state index contributed by atoms with van der Waals surface area (Å²) < 4.78 is 0. The van der Waals surface area contributed by atoms with Crippen molar-refractivity contribution < 1.29 is 14.7 Å². The Labute approximate surface area is 99.0 Å². The normalized spacial score (nSPS) is 20.1. The van der Waals surface area contributed by atoms with Gasteiger partial charge in [0, 0.05) is 18.0 Å². The fraction of sp³-hybridized carbons (Fsp3) is 0.231. The van der Waals surface area contributed by atoms with Crippen molar-refractivity contribution in [2.75, 3.05) is 0 Å². The van der Waals surface area contributed by atoms with E-state index in [2.05, 4.69) is 5.32 Å². The molecule has 1 aliphatic rings. The van der Waals surface area contributed by atoms with Gasteiger partial charge >= 0.3 is 5.97 Å². The summed E-state index contributed by atoms with van der Waals surface area (Å²) in [6.07, 6.45) is 0.184. The second-order valence-electron chi connectivity index (χ2n) is 4.06. The lowest BCUT2D eigenvalue weighted by Gasteiger charge is -2.25. The van der Waals surface area contributed by atoms with Crippen LogP contribution in [-0.2, 0) is 9.59 Å². The van der Waals surface area contributed by atoms with Gasteiger partial charge in [-0.15, -0.1) is 0 Å². The molecule has 0 aromatic heterocycles. The molecule has 0 unspecified atom stereocenters. The SMILES string of the molecule is CC1=C(C(=O)O)[C@H](c2ccccc2)CC(=O)N1. The Hall–Kier alpha value is -2.10. The van der Waals surface area contributed by atoms with Crippen LogP contribution in [-0.4, -0.2) is 17.0 Å². The molecule has 1 atom stereocenters. The molecular formula is C13H13NO3. The molecule has 1 aromatic rings. The van der Waals surface area contributed by atoms with E-state index in [4.69, 9.17) is 0 Å². The van der Waals surface area contributed by atoms with E-state index in [9.17, 15) is 14.7 Å². The van der Waals surface area contributed by atoms with Crippen molar-refractivity contribution in [3.05, 3.63) is 47.2 Å². The summed E-state index contributed by atoms with van der Waals surface area (Å²) in [5, 5.41) is 11.8. The Kier molecular flexibility index (Phi) is 2.95. The molecule has 1 amide bonds. The molecule has 88 valence electrons. The molecule has 0 radical (unpaired) electrons. The lowest BCUT2D eigenvalue weighted by Crippen LogP contribution is -2.33.